The Morgan fingerprint density at radius 3 is 2.63 bits per heavy atom. The number of hydrogen-bond donors (Lipinski definition) is 1. The molecule has 0 spiro atoms. The van der Waals surface area contributed by atoms with Crippen molar-refractivity contribution >= 4 is 21.8 Å². The molecule has 5 aromatic rings. The maximum Gasteiger partial charge on any atom is 0.333 e. The summed E-state index contributed by atoms with van der Waals surface area (Å²) in [6, 6.07) is 18.3. The number of nitrogens with zero attached hydrogens (tertiary/aromatic N) is 4. The van der Waals surface area contributed by atoms with Gasteiger partial charge in [-0.2, -0.15) is 5.26 Å². The zero-order chi connectivity index (χ0) is 20.7. The molecule has 0 aliphatic rings. The van der Waals surface area contributed by atoms with Gasteiger partial charge in [-0.1, -0.05) is 42.5 Å². The minimum Gasteiger partial charge on any atom is -0.305 e. The van der Waals surface area contributed by atoms with E-state index < -0.39 is 11.2 Å². The Labute approximate surface area is 169 Å². The number of H-pyrrole nitrogens is 1. The molecule has 3 heterocycles. The van der Waals surface area contributed by atoms with E-state index in [9.17, 15) is 14.9 Å². The topological polar surface area (TPSA) is 104 Å². The summed E-state index contributed by atoms with van der Waals surface area (Å²) in [5.74, 6) is 0. The Hall–Kier alpha value is -4.57. The number of benzene rings is 2. The largest absolute Gasteiger partial charge is 0.333 e. The van der Waals surface area contributed by atoms with Gasteiger partial charge < -0.3 is 4.98 Å². The van der Waals surface area contributed by atoms with Gasteiger partial charge in [-0.15, -0.1) is 0 Å². The highest BCUT2D eigenvalue weighted by Gasteiger charge is 2.15. The molecule has 2 aromatic carbocycles. The van der Waals surface area contributed by atoms with E-state index in [-0.39, 0.29) is 5.52 Å². The van der Waals surface area contributed by atoms with E-state index in [1.165, 1.54) is 12.4 Å². The highest BCUT2D eigenvalue weighted by atomic mass is 16.2. The van der Waals surface area contributed by atoms with E-state index in [2.05, 4.69) is 21.0 Å². The maximum absolute atomic E-state index is 13.2. The molecule has 30 heavy (non-hydrogen) atoms. The molecule has 7 heteroatoms. The van der Waals surface area contributed by atoms with Gasteiger partial charge in [0.2, 0.25) is 0 Å². The fourth-order valence-electron chi connectivity index (χ4n) is 3.58. The van der Waals surface area contributed by atoms with Crippen molar-refractivity contribution in [1.82, 2.24) is 19.5 Å². The van der Waals surface area contributed by atoms with Gasteiger partial charge in [0.15, 0.2) is 5.52 Å². The lowest BCUT2D eigenvalue weighted by atomic mass is 10.0. The Morgan fingerprint density at radius 1 is 0.967 bits per heavy atom. The van der Waals surface area contributed by atoms with Crippen LogP contribution in [0.2, 0.25) is 0 Å². The summed E-state index contributed by atoms with van der Waals surface area (Å²) in [5.41, 5.74) is 1.50. The third-order valence-corrected chi connectivity index (χ3v) is 4.98. The summed E-state index contributed by atoms with van der Waals surface area (Å²) in [6.45, 7) is 0. The van der Waals surface area contributed by atoms with Crippen LogP contribution in [0.3, 0.4) is 0 Å². The molecule has 7 nitrogen and oxygen atoms in total. The summed E-state index contributed by atoms with van der Waals surface area (Å²) in [4.78, 5) is 37.2. The second kappa shape index (κ2) is 6.79. The van der Waals surface area contributed by atoms with Gasteiger partial charge in [0.05, 0.1) is 29.0 Å². The van der Waals surface area contributed by atoms with Crippen molar-refractivity contribution in [2.45, 2.75) is 0 Å². The van der Waals surface area contributed by atoms with Gasteiger partial charge in [0.25, 0.3) is 5.56 Å². The second-order valence-electron chi connectivity index (χ2n) is 6.73. The Morgan fingerprint density at radius 2 is 1.77 bits per heavy atom. The lowest BCUT2D eigenvalue weighted by molar-refractivity contribution is 0.897. The van der Waals surface area contributed by atoms with Crippen LogP contribution in [0.25, 0.3) is 38.6 Å². The zero-order valence-electron chi connectivity index (χ0n) is 15.5. The van der Waals surface area contributed by atoms with Crippen LogP contribution in [-0.4, -0.2) is 19.5 Å². The van der Waals surface area contributed by atoms with Crippen LogP contribution in [0.5, 0.6) is 0 Å². The smallest absolute Gasteiger partial charge is 0.305 e. The van der Waals surface area contributed by atoms with Crippen LogP contribution in [-0.2, 0) is 0 Å². The molecule has 0 fully saturated rings. The fraction of sp³-hybridized carbons (Fsp3) is 0. The summed E-state index contributed by atoms with van der Waals surface area (Å²) in [7, 11) is 0. The van der Waals surface area contributed by atoms with E-state index in [1.54, 1.807) is 30.5 Å². The monoisotopic (exact) mass is 391 g/mol. The predicted molar refractivity (Wildman–Crippen MR) is 113 cm³/mol. The zero-order valence-corrected chi connectivity index (χ0v) is 15.5. The highest BCUT2D eigenvalue weighted by Crippen LogP contribution is 2.24. The van der Waals surface area contributed by atoms with Gasteiger partial charge in [0.1, 0.15) is 0 Å². The van der Waals surface area contributed by atoms with Crippen LogP contribution >= 0.6 is 0 Å². The average molecular weight is 391 g/mol. The van der Waals surface area contributed by atoms with E-state index >= 15 is 0 Å². The first-order valence-corrected chi connectivity index (χ1v) is 9.15. The molecule has 0 saturated carbocycles. The molecule has 0 unspecified atom stereocenters. The number of nitrogens with one attached hydrogen (secondary N) is 1. The first-order chi connectivity index (χ1) is 14.7. The molecular weight excluding hydrogens is 378 g/mol. The van der Waals surface area contributed by atoms with Crippen molar-refractivity contribution in [3.8, 4) is 22.9 Å². The van der Waals surface area contributed by atoms with Crippen LogP contribution in [0, 0.1) is 11.3 Å². The number of aromatic amines is 1. The third kappa shape index (κ3) is 2.67. The van der Waals surface area contributed by atoms with Gasteiger partial charge in [-0.05, 0) is 12.1 Å². The van der Waals surface area contributed by atoms with Crippen molar-refractivity contribution in [2.24, 2.45) is 0 Å². The highest BCUT2D eigenvalue weighted by molar-refractivity contribution is 5.89. The molecule has 142 valence electrons. The summed E-state index contributed by atoms with van der Waals surface area (Å²) >= 11 is 0. The molecule has 0 saturated heterocycles. The Balaban J connectivity index is 1.77. The second-order valence-corrected chi connectivity index (χ2v) is 6.73. The number of nitriles is 1. The molecule has 3 aromatic heterocycles. The lowest BCUT2D eigenvalue weighted by Gasteiger charge is -2.10. The van der Waals surface area contributed by atoms with Crippen molar-refractivity contribution in [3.05, 3.63) is 99.6 Å². The number of rotatable bonds is 2. The molecule has 0 radical (unpaired) electrons. The standard InChI is InChI=1S/C23H13N5O2/c24-10-14-5-1-3-7-17(14)16-9-19-21(26-12-16)22(29)28(23(30)27-19)20-13-25-11-15-6-2-4-8-18(15)20/h1-9,11-13H,(H,27,30). The average Bonchev–Trinajstić information content (AvgIpc) is 2.79. The minimum absolute atomic E-state index is 0.126. The SMILES string of the molecule is N#Cc1ccccc1-c1cnc2c(=O)n(-c3cncc4ccccc34)c(=O)[nH]c2c1. The van der Waals surface area contributed by atoms with E-state index in [1.807, 2.05) is 30.3 Å². The first-order valence-electron chi connectivity index (χ1n) is 9.15. The molecule has 0 aliphatic carbocycles. The van der Waals surface area contributed by atoms with Gasteiger partial charge in [-0.25, -0.2) is 14.3 Å². The van der Waals surface area contributed by atoms with Gasteiger partial charge >= 0.3 is 5.69 Å². The predicted octanol–water partition coefficient (Wildman–Crippen LogP) is 3.16. The molecule has 0 atom stereocenters. The number of pyridine rings is 2. The van der Waals surface area contributed by atoms with Crippen LogP contribution in [0.4, 0.5) is 0 Å². The van der Waals surface area contributed by atoms with Gasteiger partial charge in [0, 0.05) is 34.3 Å². The third-order valence-electron chi connectivity index (χ3n) is 4.98. The fourth-order valence-corrected chi connectivity index (χ4v) is 3.58. The molecule has 0 bridgehead atoms. The maximum atomic E-state index is 13.2. The van der Waals surface area contributed by atoms with Crippen LogP contribution < -0.4 is 11.2 Å². The van der Waals surface area contributed by atoms with Crippen molar-refractivity contribution in [1.29, 1.82) is 5.26 Å². The molecule has 5 rings (SSSR count). The molecule has 0 aliphatic heterocycles. The quantitative estimate of drug-likeness (QED) is 0.498. The lowest BCUT2D eigenvalue weighted by Crippen LogP contribution is -2.34. The summed E-state index contributed by atoms with van der Waals surface area (Å²) in [6.07, 6.45) is 4.70. The van der Waals surface area contributed by atoms with E-state index in [4.69, 9.17) is 0 Å². The Bertz CT molecular complexity index is 1600. The summed E-state index contributed by atoms with van der Waals surface area (Å²) in [5, 5.41) is 10.9. The van der Waals surface area contributed by atoms with Crippen LogP contribution in [0.1, 0.15) is 5.56 Å². The normalized spacial score (nSPS) is 10.9. The van der Waals surface area contributed by atoms with Crippen molar-refractivity contribution in [2.75, 3.05) is 0 Å². The summed E-state index contributed by atoms with van der Waals surface area (Å²) < 4.78 is 1.05. The molecular formula is C23H13N5O2. The first kappa shape index (κ1) is 17.5. The van der Waals surface area contributed by atoms with E-state index in [0.717, 1.165) is 15.3 Å². The minimum atomic E-state index is -0.585. The number of hydrogen-bond acceptors (Lipinski definition) is 5. The van der Waals surface area contributed by atoms with Gasteiger partial charge in [-0.3, -0.25) is 9.78 Å². The van der Waals surface area contributed by atoms with E-state index in [0.29, 0.717) is 27.9 Å². The molecule has 1 N–H and O–H groups in total. The number of aromatic nitrogens is 4. The molecule has 0 amide bonds. The van der Waals surface area contributed by atoms with Crippen molar-refractivity contribution in [3.63, 3.8) is 0 Å². The number of fused-ring (bicyclic) bond motifs is 2. The van der Waals surface area contributed by atoms with Crippen LogP contribution in [0.15, 0.2) is 82.8 Å². The van der Waals surface area contributed by atoms with Crippen molar-refractivity contribution < 1.29 is 0 Å². The Kier molecular flexibility index (Phi) is 3.97.